The molecule has 24 heavy (non-hydrogen) atoms. The van der Waals surface area contributed by atoms with Crippen LogP contribution < -0.4 is 5.32 Å². The Labute approximate surface area is 139 Å². The van der Waals surface area contributed by atoms with Crippen LogP contribution in [0.2, 0.25) is 0 Å². The van der Waals surface area contributed by atoms with Gasteiger partial charge in [0.25, 0.3) is 5.91 Å². The van der Waals surface area contributed by atoms with Gasteiger partial charge in [-0.05, 0) is 48.4 Å². The minimum atomic E-state index is -0.685. The van der Waals surface area contributed by atoms with Crippen molar-refractivity contribution in [2.24, 2.45) is 5.92 Å². The first kappa shape index (κ1) is 15.1. The number of piperidine rings is 1. The van der Waals surface area contributed by atoms with Crippen molar-refractivity contribution in [3.63, 3.8) is 0 Å². The first-order valence-corrected chi connectivity index (χ1v) is 8.12. The van der Waals surface area contributed by atoms with Crippen LogP contribution in [0.5, 0.6) is 0 Å². The molecule has 0 aromatic heterocycles. The second-order valence-corrected chi connectivity index (χ2v) is 6.71. The number of imide groups is 1. The lowest BCUT2D eigenvalue weighted by Gasteiger charge is -2.30. The number of aliphatic hydroxyl groups is 1. The molecule has 1 aliphatic carbocycles. The Bertz CT molecular complexity index is 753. The van der Waals surface area contributed by atoms with E-state index >= 15 is 0 Å². The van der Waals surface area contributed by atoms with Crippen molar-refractivity contribution >= 4 is 23.4 Å². The van der Waals surface area contributed by atoms with Crippen LogP contribution in [0, 0.1) is 5.92 Å². The summed E-state index contributed by atoms with van der Waals surface area (Å²) in [6.45, 7) is 4.15. The minimum Gasteiger partial charge on any atom is -0.396 e. The molecule has 0 spiro atoms. The average Bonchev–Trinajstić information content (AvgIpc) is 3.06. The van der Waals surface area contributed by atoms with Crippen LogP contribution >= 0.6 is 0 Å². The first-order chi connectivity index (χ1) is 11.5. The number of carbonyl (C=O) groups is 3. The summed E-state index contributed by atoms with van der Waals surface area (Å²) in [5.74, 6) is -0.779. The number of hydrogen-bond acceptors (Lipinski definition) is 4. The Morgan fingerprint density at radius 1 is 1.17 bits per heavy atom. The molecule has 1 fully saturated rings. The highest BCUT2D eigenvalue weighted by molar-refractivity contribution is 6.12. The second kappa shape index (κ2) is 5.27. The van der Waals surface area contributed by atoms with Crippen molar-refractivity contribution in [3.8, 4) is 0 Å². The van der Waals surface area contributed by atoms with E-state index in [1.54, 1.807) is 0 Å². The third-order valence-corrected chi connectivity index (χ3v) is 5.19. The molecule has 0 radical (unpaired) electrons. The molecular formula is C18H18N2O4. The number of benzene rings is 1. The van der Waals surface area contributed by atoms with Crippen molar-refractivity contribution in [2.45, 2.75) is 31.7 Å². The third-order valence-electron chi connectivity index (χ3n) is 5.19. The molecule has 2 heterocycles. The van der Waals surface area contributed by atoms with Crippen LogP contribution in [-0.2, 0) is 22.4 Å². The van der Waals surface area contributed by atoms with Gasteiger partial charge in [-0.3, -0.25) is 24.6 Å². The van der Waals surface area contributed by atoms with Crippen LogP contribution in [0.15, 0.2) is 18.7 Å². The fourth-order valence-electron chi connectivity index (χ4n) is 3.95. The lowest BCUT2D eigenvalue weighted by atomic mass is 10.0. The molecule has 2 unspecified atom stereocenters. The molecule has 2 atom stereocenters. The molecule has 2 N–H and O–H groups in total. The third kappa shape index (κ3) is 2.10. The minimum absolute atomic E-state index is 0.136. The number of rotatable bonds is 2. The quantitative estimate of drug-likeness (QED) is 0.780. The standard InChI is InChI=1S/C18H18N2O4/c1-9-13-6-11-4-10(8-21)5-12(11)7-14(13)18(24)20(9)15-2-3-16(22)19-17(15)23/h6-7,10,15,21H,1-5,8H2,(H,19,22,23). The maximum Gasteiger partial charge on any atom is 0.259 e. The number of fused-ring (bicyclic) bond motifs is 2. The molecule has 0 bridgehead atoms. The maximum atomic E-state index is 12.8. The normalized spacial score (nSPS) is 25.8. The van der Waals surface area contributed by atoms with E-state index in [9.17, 15) is 19.5 Å². The number of amides is 3. The van der Waals surface area contributed by atoms with Crippen LogP contribution in [0.1, 0.15) is 39.9 Å². The smallest absolute Gasteiger partial charge is 0.259 e. The van der Waals surface area contributed by atoms with Crippen molar-refractivity contribution in [1.29, 1.82) is 0 Å². The van der Waals surface area contributed by atoms with Crippen LogP contribution in [0.3, 0.4) is 0 Å². The predicted octanol–water partition coefficient (Wildman–Crippen LogP) is 0.625. The van der Waals surface area contributed by atoms with E-state index in [0.29, 0.717) is 17.7 Å². The fraction of sp³-hybridized carbons (Fsp3) is 0.389. The van der Waals surface area contributed by atoms with Gasteiger partial charge in [-0.15, -0.1) is 0 Å². The van der Waals surface area contributed by atoms with E-state index in [4.69, 9.17) is 0 Å². The molecule has 0 saturated carbocycles. The summed E-state index contributed by atoms with van der Waals surface area (Å²) in [6, 6.07) is 3.15. The Balaban J connectivity index is 1.68. The molecule has 6 heteroatoms. The molecule has 124 valence electrons. The van der Waals surface area contributed by atoms with Gasteiger partial charge in [0.1, 0.15) is 6.04 Å². The van der Waals surface area contributed by atoms with Crippen molar-refractivity contribution < 1.29 is 19.5 Å². The Kier molecular flexibility index (Phi) is 3.31. The molecular weight excluding hydrogens is 308 g/mol. The summed E-state index contributed by atoms with van der Waals surface area (Å²) in [6.07, 6.45) is 2.09. The first-order valence-electron chi connectivity index (χ1n) is 8.12. The van der Waals surface area contributed by atoms with E-state index in [0.717, 1.165) is 29.5 Å². The monoisotopic (exact) mass is 326 g/mol. The van der Waals surface area contributed by atoms with E-state index in [2.05, 4.69) is 11.9 Å². The van der Waals surface area contributed by atoms with Crippen LogP contribution in [-0.4, -0.2) is 40.4 Å². The zero-order valence-corrected chi connectivity index (χ0v) is 13.2. The summed E-state index contributed by atoms with van der Waals surface area (Å²) < 4.78 is 0. The fourth-order valence-corrected chi connectivity index (χ4v) is 3.95. The second-order valence-electron chi connectivity index (χ2n) is 6.71. The highest BCUT2D eigenvalue weighted by atomic mass is 16.3. The van der Waals surface area contributed by atoms with Gasteiger partial charge in [-0.1, -0.05) is 6.58 Å². The predicted molar refractivity (Wildman–Crippen MR) is 85.8 cm³/mol. The Hall–Kier alpha value is -2.47. The van der Waals surface area contributed by atoms with Gasteiger partial charge in [-0.2, -0.15) is 0 Å². The Morgan fingerprint density at radius 3 is 2.46 bits per heavy atom. The zero-order chi connectivity index (χ0) is 17.0. The number of carbonyl (C=O) groups excluding carboxylic acids is 3. The van der Waals surface area contributed by atoms with E-state index in [1.807, 2.05) is 12.1 Å². The number of nitrogens with zero attached hydrogens (tertiary/aromatic N) is 1. The number of hydrogen-bond donors (Lipinski definition) is 2. The molecule has 2 aliphatic heterocycles. The average molecular weight is 326 g/mol. The van der Waals surface area contributed by atoms with E-state index in [1.165, 1.54) is 4.90 Å². The van der Waals surface area contributed by atoms with Gasteiger partial charge >= 0.3 is 0 Å². The maximum absolute atomic E-state index is 12.8. The van der Waals surface area contributed by atoms with Gasteiger partial charge < -0.3 is 5.11 Å². The SMILES string of the molecule is C=C1c2cc3c(cc2C(=O)N1C1CCC(=O)NC1=O)CC(CO)C3. The molecule has 3 amide bonds. The molecule has 4 rings (SSSR count). The van der Waals surface area contributed by atoms with E-state index in [-0.39, 0.29) is 30.8 Å². The van der Waals surface area contributed by atoms with Gasteiger partial charge in [0.05, 0.1) is 0 Å². The van der Waals surface area contributed by atoms with Gasteiger partial charge in [-0.25, -0.2) is 0 Å². The largest absolute Gasteiger partial charge is 0.396 e. The van der Waals surface area contributed by atoms with Crippen molar-refractivity contribution in [1.82, 2.24) is 10.2 Å². The van der Waals surface area contributed by atoms with Gasteiger partial charge in [0.2, 0.25) is 11.8 Å². The molecule has 1 aromatic carbocycles. The highest BCUT2D eigenvalue weighted by Crippen LogP contribution is 2.39. The van der Waals surface area contributed by atoms with Crippen molar-refractivity contribution in [2.75, 3.05) is 6.61 Å². The summed E-state index contributed by atoms with van der Waals surface area (Å²) in [4.78, 5) is 37.7. The number of nitrogens with one attached hydrogen (secondary N) is 1. The summed E-state index contributed by atoms with van der Waals surface area (Å²) in [7, 11) is 0. The van der Waals surface area contributed by atoms with Crippen molar-refractivity contribution in [3.05, 3.63) is 41.0 Å². The highest BCUT2D eigenvalue weighted by Gasteiger charge is 2.42. The summed E-state index contributed by atoms with van der Waals surface area (Å²) >= 11 is 0. The number of aliphatic hydroxyl groups excluding tert-OH is 1. The van der Waals surface area contributed by atoms with Crippen LogP contribution in [0.4, 0.5) is 0 Å². The zero-order valence-electron chi connectivity index (χ0n) is 13.2. The van der Waals surface area contributed by atoms with E-state index < -0.39 is 11.9 Å². The molecule has 1 saturated heterocycles. The summed E-state index contributed by atoms with van der Waals surface area (Å²) in [5.41, 5.74) is 4.04. The van der Waals surface area contributed by atoms with Gasteiger partial charge in [0, 0.05) is 29.9 Å². The topological polar surface area (TPSA) is 86.7 Å². The molecule has 6 nitrogen and oxygen atoms in total. The lowest BCUT2D eigenvalue weighted by Crippen LogP contribution is -2.52. The van der Waals surface area contributed by atoms with Gasteiger partial charge in [0.15, 0.2) is 0 Å². The molecule has 1 aromatic rings. The lowest BCUT2D eigenvalue weighted by molar-refractivity contribution is -0.136. The summed E-state index contributed by atoms with van der Waals surface area (Å²) in [5, 5.41) is 11.6. The van der Waals surface area contributed by atoms with Crippen LogP contribution in [0.25, 0.3) is 5.70 Å². The molecule has 3 aliphatic rings. The Morgan fingerprint density at radius 2 is 1.83 bits per heavy atom.